The average Bonchev–Trinajstić information content (AvgIpc) is 3.27. The molecule has 2 N–H and O–H groups in total. The molecule has 1 fully saturated rings. The lowest BCUT2D eigenvalue weighted by atomic mass is 9.83. The summed E-state index contributed by atoms with van der Waals surface area (Å²) in [4.78, 5) is 73.1. The molecule has 0 saturated carbocycles. The summed E-state index contributed by atoms with van der Waals surface area (Å²) in [6, 6.07) is 43.1. The summed E-state index contributed by atoms with van der Waals surface area (Å²) in [7, 11) is 1.58. The number of benzene rings is 5. The Morgan fingerprint density at radius 3 is 1.58 bits per heavy atom. The summed E-state index contributed by atoms with van der Waals surface area (Å²) in [6.45, 7) is 0.154. The zero-order chi connectivity index (χ0) is 41.4. The Hall–Kier alpha value is -7.28. The van der Waals surface area contributed by atoms with Crippen LogP contribution in [0.1, 0.15) is 35.1 Å². The van der Waals surface area contributed by atoms with Gasteiger partial charge in [-0.05, 0) is 46.2 Å². The van der Waals surface area contributed by atoms with E-state index in [2.05, 4.69) is 15.6 Å². The third-order valence-corrected chi connectivity index (χ3v) is 9.50. The molecule has 0 radical (unpaired) electrons. The summed E-state index contributed by atoms with van der Waals surface area (Å²) in [5.41, 5.74) is 5.21. The molecule has 5 aromatic carbocycles. The number of imide groups is 1. The number of hydrogen-bond acceptors (Lipinski definition) is 9. The van der Waals surface area contributed by atoms with Gasteiger partial charge in [0.05, 0.1) is 5.92 Å². The number of likely N-dealkylation sites (tertiary alicyclic amines) is 1. The van der Waals surface area contributed by atoms with Crippen LogP contribution in [-0.2, 0) is 50.2 Å². The highest BCUT2D eigenvalue weighted by Crippen LogP contribution is 2.33. The van der Waals surface area contributed by atoms with E-state index in [1.165, 1.54) is 4.90 Å². The van der Waals surface area contributed by atoms with E-state index in [0.717, 1.165) is 38.3 Å². The SMILES string of the molecule is CN(Cc1ccc(-c2ccccc2)cc1)C(=O)N1C(=O)C(CCCN=C(NC(=O)OCc2ccccc2)NC(=O)OCc2ccccc2)C1C(=O)OCc1ccccc1. The van der Waals surface area contributed by atoms with Crippen LogP contribution in [0.2, 0.25) is 0 Å². The molecule has 0 aliphatic carbocycles. The number of aliphatic imine (C=N–C) groups is 1. The van der Waals surface area contributed by atoms with Gasteiger partial charge in [0.25, 0.3) is 0 Å². The Morgan fingerprint density at radius 2 is 1.07 bits per heavy atom. The van der Waals surface area contributed by atoms with E-state index >= 15 is 0 Å². The van der Waals surface area contributed by atoms with Crippen molar-refractivity contribution in [2.24, 2.45) is 10.9 Å². The Bertz CT molecular complexity index is 2150. The Kier molecular flexibility index (Phi) is 14.6. The first-order valence-corrected chi connectivity index (χ1v) is 19.2. The number of nitrogens with zero attached hydrogens (tertiary/aromatic N) is 3. The number of carbonyl (C=O) groups is 5. The Balaban J connectivity index is 1.10. The van der Waals surface area contributed by atoms with Gasteiger partial charge >= 0.3 is 24.2 Å². The number of carbonyl (C=O) groups excluding carboxylic acids is 5. The van der Waals surface area contributed by atoms with E-state index in [1.54, 1.807) is 31.3 Å². The third kappa shape index (κ3) is 11.9. The predicted octanol–water partition coefficient (Wildman–Crippen LogP) is 7.46. The van der Waals surface area contributed by atoms with Crippen LogP contribution in [0, 0.1) is 5.92 Å². The monoisotopic (exact) mass is 795 g/mol. The van der Waals surface area contributed by atoms with Crippen LogP contribution in [0.4, 0.5) is 14.4 Å². The minimum absolute atomic E-state index is 0.0189. The molecular weight excluding hydrogens is 751 g/mol. The van der Waals surface area contributed by atoms with Crippen molar-refractivity contribution in [3.8, 4) is 11.1 Å². The molecule has 5 amide bonds. The van der Waals surface area contributed by atoms with Crippen molar-refractivity contribution in [3.63, 3.8) is 0 Å². The van der Waals surface area contributed by atoms with Gasteiger partial charge < -0.3 is 19.1 Å². The lowest BCUT2D eigenvalue weighted by Crippen LogP contribution is -2.68. The number of amides is 5. The number of alkyl carbamates (subject to hydrolysis) is 2. The molecule has 302 valence electrons. The van der Waals surface area contributed by atoms with Gasteiger partial charge in [-0.25, -0.2) is 24.1 Å². The van der Waals surface area contributed by atoms with Crippen LogP contribution in [0.5, 0.6) is 0 Å². The first-order chi connectivity index (χ1) is 28.7. The second-order valence-corrected chi connectivity index (χ2v) is 13.8. The highest BCUT2D eigenvalue weighted by molar-refractivity contribution is 6.07. The fourth-order valence-corrected chi connectivity index (χ4v) is 6.41. The van der Waals surface area contributed by atoms with Crippen molar-refractivity contribution in [3.05, 3.63) is 168 Å². The van der Waals surface area contributed by atoms with Gasteiger partial charge in [-0.1, -0.05) is 146 Å². The molecule has 0 aromatic heterocycles. The molecule has 13 heteroatoms. The van der Waals surface area contributed by atoms with E-state index in [9.17, 15) is 24.0 Å². The van der Waals surface area contributed by atoms with Gasteiger partial charge in [-0.2, -0.15) is 0 Å². The van der Waals surface area contributed by atoms with Gasteiger partial charge in [0.2, 0.25) is 11.9 Å². The topological polar surface area (TPSA) is 156 Å². The lowest BCUT2D eigenvalue weighted by molar-refractivity contribution is -0.171. The van der Waals surface area contributed by atoms with Crippen molar-refractivity contribution < 1.29 is 38.2 Å². The maximum Gasteiger partial charge on any atom is 0.414 e. The van der Waals surface area contributed by atoms with Gasteiger partial charge in [-0.3, -0.25) is 20.4 Å². The minimum atomic E-state index is -1.16. The first-order valence-electron chi connectivity index (χ1n) is 19.2. The van der Waals surface area contributed by atoms with Gasteiger partial charge in [0, 0.05) is 20.1 Å². The summed E-state index contributed by atoms with van der Waals surface area (Å²) in [5, 5.41) is 4.89. The van der Waals surface area contributed by atoms with Crippen molar-refractivity contribution in [2.45, 2.75) is 45.2 Å². The largest absolute Gasteiger partial charge is 0.459 e. The molecule has 6 rings (SSSR count). The van der Waals surface area contributed by atoms with Crippen molar-refractivity contribution >= 4 is 36.1 Å². The number of guanidine groups is 1. The Labute approximate surface area is 342 Å². The molecular formula is C46H45N5O8. The molecule has 1 saturated heterocycles. The summed E-state index contributed by atoms with van der Waals surface area (Å²) in [6.07, 6.45) is -1.32. The molecule has 5 aromatic rings. The van der Waals surface area contributed by atoms with Crippen molar-refractivity contribution in [1.29, 1.82) is 0 Å². The molecule has 1 aliphatic heterocycles. The molecule has 0 bridgehead atoms. The quantitative estimate of drug-likeness (QED) is 0.0293. The standard InChI is InChI=1S/C46H45N5O8/c1-50(29-33-24-26-38(27-25-33)37-21-12-5-13-22-37)46(56)51-40(42(53)57-30-34-15-6-2-7-16-34)39(41(51)52)23-14-28-47-43(48-44(54)58-31-35-17-8-3-9-18-35)49-45(55)59-32-36-19-10-4-11-20-36/h2-13,15-22,24-27,39-40H,14,23,28-32H2,1H3,(H2,47,48,49,54,55). The Morgan fingerprint density at radius 1 is 0.610 bits per heavy atom. The number of β-lactam (4-membered cyclic amide) rings is 1. The smallest absolute Gasteiger partial charge is 0.414 e. The third-order valence-electron chi connectivity index (χ3n) is 9.50. The second-order valence-electron chi connectivity index (χ2n) is 13.8. The molecule has 13 nitrogen and oxygen atoms in total. The van der Waals surface area contributed by atoms with Gasteiger partial charge in [0.15, 0.2) is 6.04 Å². The van der Waals surface area contributed by atoms with Gasteiger partial charge in [-0.15, -0.1) is 0 Å². The van der Waals surface area contributed by atoms with Crippen LogP contribution in [0.3, 0.4) is 0 Å². The number of rotatable bonds is 14. The highest BCUT2D eigenvalue weighted by atomic mass is 16.6. The number of hydrogen-bond donors (Lipinski definition) is 2. The maximum atomic E-state index is 13.8. The zero-order valence-electron chi connectivity index (χ0n) is 32.6. The molecule has 1 aliphatic rings. The second kappa shape index (κ2) is 20.8. The van der Waals surface area contributed by atoms with Gasteiger partial charge in [0.1, 0.15) is 19.8 Å². The van der Waals surface area contributed by atoms with Crippen LogP contribution in [-0.4, -0.2) is 65.5 Å². The molecule has 2 unspecified atom stereocenters. The van der Waals surface area contributed by atoms with Crippen LogP contribution >= 0.6 is 0 Å². The number of nitrogens with one attached hydrogen (secondary N) is 2. The number of esters is 1. The number of urea groups is 1. The summed E-state index contributed by atoms with van der Waals surface area (Å²) >= 11 is 0. The molecule has 1 heterocycles. The summed E-state index contributed by atoms with van der Waals surface area (Å²) < 4.78 is 16.2. The van der Waals surface area contributed by atoms with E-state index in [-0.39, 0.29) is 51.7 Å². The van der Waals surface area contributed by atoms with Crippen LogP contribution < -0.4 is 10.6 Å². The summed E-state index contributed by atoms with van der Waals surface area (Å²) in [5.74, 6) is -2.32. The highest BCUT2D eigenvalue weighted by Gasteiger charge is 2.55. The van der Waals surface area contributed by atoms with Crippen LogP contribution in [0.15, 0.2) is 151 Å². The zero-order valence-corrected chi connectivity index (χ0v) is 32.6. The van der Waals surface area contributed by atoms with Crippen LogP contribution in [0.25, 0.3) is 11.1 Å². The lowest BCUT2D eigenvalue weighted by Gasteiger charge is -2.45. The molecule has 0 spiro atoms. The number of ether oxygens (including phenoxy) is 3. The first kappa shape index (κ1) is 41.4. The van der Waals surface area contributed by atoms with E-state index < -0.39 is 42.1 Å². The normalized spacial score (nSPS) is 14.3. The molecule has 2 atom stereocenters. The van der Waals surface area contributed by atoms with Crippen molar-refractivity contribution in [2.75, 3.05) is 13.6 Å². The molecule has 59 heavy (non-hydrogen) atoms. The maximum absolute atomic E-state index is 13.8. The van der Waals surface area contributed by atoms with E-state index in [0.29, 0.717) is 0 Å². The minimum Gasteiger partial charge on any atom is -0.459 e. The fourth-order valence-electron chi connectivity index (χ4n) is 6.41. The fraction of sp³-hybridized carbons (Fsp3) is 0.217. The average molecular weight is 796 g/mol. The van der Waals surface area contributed by atoms with E-state index in [4.69, 9.17) is 14.2 Å². The predicted molar refractivity (Wildman–Crippen MR) is 220 cm³/mol. The van der Waals surface area contributed by atoms with Crippen molar-refractivity contribution in [1.82, 2.24) is 20.4 Å². The van der Waals surface area contributed by atoms with E-state index in [1.807, 2.05) is 121 Å².